The summed E-state index contributed by atoms with van der Waals surface area (Å²) < 4.78 is 0. The van der Waals surface area contributed by atoms with E-state index in [1.165, 1.54) is 4.90 Å². The van der Waals surface area contributed by atoms with Crippen molar-refractivity contribution in [3.8, 4) is 0 Å². The van der Waals surface area contributed by atoms with E-state index in [-0.39, 0.29) is 38.6 Å². The number of carboxylic acids is 1. The number of hydrogen-bond acceptors (Lipinski definition) is 8. The maximum Gasteiger partial charge on any atom is 0.322 e. The van der Waals surface area contributed by atoms with Crippen molar-refractivity contribution in [1.29, 1.82) is 0 Å². The molecule has 1 aliphatic heterocycles. The number of carbonyl (C=O) groups excluding carboxylic acids is 6. The highest BCUT2D eigenvalue weighted by molar-refractivity contribution is 5.95. The minimum Gasteiger partial charge on any atom is -0.480 e. The first kappa shape index (κ1) is 28.3. The van der Waals surface area contributed by atoms with Gasteiger partial charge in [0.05, 0.1) is 6.54 Å². The molecule has 0 aliphatic carbocycles. The summed E-state index contributed by atoms with van der Waals surface area (Å²) in [6, 6.07) is -3.47. The van der Waals surface area contributed by atoms with Gasteiger partial charge in [-0.3, -0.25) is 33.6 Å². The van der Waals surface area contributed by atoms with E-state index < -0.39 is 72.6 Å². The summed E-state index contributed by atoms with van der Waals surface area (Å²) in [4.78, 5) is 84.4. The minimum atomic E-state index is -1.28. The number of carbonyl (C=O) groups is 7. The van der Waals surface area contributed by atoms with Crippen molar-refractivity contribution in [3.05, 3.63) is 0 Å². The van der Waals surface area contributed by atoms with Gasteiger partial charge in [0.15, 0.2) is 0 Å². The average Bonchev–Trinajstić information content (AvgIpc) is 3.26. The van der Waals surface area contributed by atoms with Crippen LogP contribution in [-0.2, 0) is 33.6 Å². The Bertz CT molecular complexity index is 818. The second-order valence-electron chi connectivity index (χ2n) is 7.70. The van der Waals surface area contributed by atoms with Crippen molar-refractivity contribution in [1.82, 2.24) is 20.9 Å². The minimum absolute atomic E-state index is 0.159. The zero-order valence-electron chi connectivity index (χ0n) is 18.6. The Morgan fingerprint density at radius 3 is 2.06 bits per heavy atom. The zero-order chi connectivity index (χ0) is 25.8. The molecule has 1 heterocycles. The Morgan fingerprint density at radius 1 is 0.941 bits per heavy atom. The van der Waals surface area contributed by atoms with E-state index in [1.807, 2.05) is 0 Å². The third-order valence-electron chi connectivity index (χ3n) is 5.06. The number of nitrogens with zero attached hydrogens (tertiary/aromatic N) is 1. The molecule has 1 aliphatic rings. The third-order valence-corrected chi connectivity index (χ3v) is 5.06. The molecule has 6 amide bonds. The topological polar surface area (TPSA) is 257 Å². The number of nitrogens with one attached hydrogen (secondary N) is 3. The van der Waals surface area contributed by atoms with E-state index >= 15 is 0 Å². The number of aliphatic carboxylic acids is 1. The lowest BCUT2D eigenvalue weighted by Gasteiger charge is -2.29. The molecule has 15 heteroatoms. The van der Waals surface area contributed by atoms with Gasteiger partial charge in [0.25, 0.3) is 0 Å². The molecule has 0 saturated carbocycles. The van der Waals surface area contributed by atoms with Crippen LogP contribution in [0.25, 0.3) is 0 Å². The lowest BCUT2D eigenvalue weighted by Crippen LogP contribution is -2.57. The molecule has 1 fully saturated rings. The van der Waals surface area contributed by atoms with Crippen molar-refractivity contribution in [2.75, 3.05) is 19.6 Å². The van der Waals surface area contributed by atoms with Crippen LogP contribution < -0.4 is 33.2 Å². The summed E-state index contributed by atoms with van der Waals surface area (Å²) in [5, 5.41) is 15.7. The molecule has 34 heavy (non-hydrogen) atoms. The fourth-order valence-corrected chi connectivity index (χ4v) is 3.41. The molecule has 1 saturated heterocycles. The Morgan fingerprint density at radius 2 is 1.53 bits per heavy atom. The molecule has 0 bridgehead atoms. The fourth-order valence-electron chi connectivity index (χ4n) is 3.41. The van der Waals surface area contributed by atoms with Gasteiger partial charge in [0, 0.05) is 19.4 Å². The van der Waals surface area contributed by atoms with Crippen LogP contribution in [0.4, 0.5) is 0 Å². The average molecular weight is 485 g/mol. The summed E-state index contributed by atoms with van der Waals surface area (Å²) >= 11 is 0. The van der Waals surface area contributed by atoms with E-state index in [4.69, 9.17) is 22.3 Å². The number of hydrogen-bond donors (Lipinski definition) is 7. The van der Waals surface area contributed by atoms with Crippen LogP contribution in [0.2, 0.25) is 0 Å². The largest absolute Gasteiger partial charge is 0.480 e. The summed E-state index contributed by atoms with van der Waals surface area (Å²) in [5.41, 5.74) is 15.5. The second-order valence-corrected chi connectivity index (χ2v) is 7.70. The predicted molar refractivity (Wildman–Crippen MR) is 115 cm³/mol. The highest BCUT2D eigenvalue weighted by atomic mass is 16.4. The van der Waals surface area contributed by atoms with Gasteiger partial charge in [-0.15, -0.1) is 0 Å². The monoisotopic (exact) mass is 485 g/mol. The number of nitrogens with two attached hydrogens (primary N) is 3. The number of carboxylic acid groups (broad SMARTS) is 1. The molecule has 0 aromatic rings. The second kappa shape index (κ2) is 13.7. The molecular weight excluding hydrogens is 454 g/mol. The van der Waals surface area contributed by atoms with Gasteiger partial charge in [-0.2, -0.15) is 0 Å². The first-order valence-electron chi connectivity index (χ1n) is 10.6. The lowest BCUT2D eigenvalue weighted by atomic mass is 10.1. The number of primary amides is 2. The molecule has 10 N–H and O–H groups in total. The van der Waals surface area contributed by atoms with Crippen molar-refractivity contribution >= 4 is 41.4 Å². The first-order chi connectivity index (χ1) is 16.0. The van der Waals surface area contributed by atoms with E-state index in [0.29, 0.717) is 6.42 Å². The molecule has 0 unspecified atom stereocenters. The maximum atomic E-state index is 13.2. The highest BCUT2D eigenvalue weighted by Crippen LogP contribution is 2.20. The summed E-state index contributed by atoms with van der Waals surface area (Å²) in [7, 11) is 0. The molecule has 0 radical (unpaired) electrons. The van der Waals surface area contributed by atoms with Gasteiger partial charge < -0.3 is 43.2 Å². The van der Waals surface area contributed by atoms with Crippen molar-refractivity contribution in [2.45, 2.75) is 56.7 Å². The number of rotatable bonds is 14. The third kappa shape index (κ3) is 9.40. The van der Waals surface area contributed by atoms with Crippen molar-refractivity contribution in [3.63, 3.8) is 0 Å². The summed E-state index contributed by atoms with van der Waals surface area (Å²) in [6.07, 6.45) is -0.105. The quantitative estimate of drug-likeness (QED) is 0.125. The highest BCUT2D eigenvalue weighted by Gasteiger charge is 2.38. The Balaban J connectivity index is 3.02. The summed E-state index contributed by atoms with van der Waals surface area (Å²) in [5.74, 6) is -5.54. The Labute approximate surface area is 195 Å². The van der Waals surface area contributed by atoms with Crippen LogP contribution in [0.15, 0.2) is 0 Å². The maximum absolute atomic E-state index is 13.2. The molecule has 0 aromatic heterocycles. The Kier molecular flexibility index (Phi) is 11.4. The first-order valence-corrected chi connectivity index (χ1v) is 10.6. The number of likely N-dealkylation sites (tertiary alicyclic amines) is 1. The van der Waals surface area contributed by atoms with E-state index in [1.54, 1.807) is 0 Å². The van der Waals surface area contributed by atoms with Gasteiger partial charge in [-0.05, 0) is 25.7 Å². The van der Waals surface area contributed by atoms with Gasteiger partial charge in [-0.25, -0.2) is 0 Å². The lowest BCUT2D eigenvalue weighted by molar-refractivity contribution is -0.143. The van der Waals surface area contributed by atoms with E-state index in [2.05, 4.69) is 16.0 Å². The molecule has 0 aromatic carbocycles. The SMILES string of the molecule is NCC(=O)N[C@@H](CCC(N)=O)C(=O)N[C@@H](CCC(N)=O)C(=O)N1CCC[C@H]1C(=O)NCC(=O)O. The van der Waals surface area contributed by atoms with Crippen LogP contribution in [0.1, 0.15) is 38.5 Å². The van der Waals surface area contributed by atoms with Crippen LogP contribution in [0.3, 0.4) is 0 Å². The van der Waals surface area contributed by atoms with Gasteiger partial charge in [0.1, 0.15) is 24.7 Å². The van der Waals surface area contributed by atoms with Gasteiger partial charge in [-0.1, -0.05) is 0 Å². The van der Waals surface area contributed by atoms with Crippen LogP contribution in [0.5, 0.6) is 0 Å². The molecule has 190 valence electrons. The van der Waals surface area contributed by atoms with E-state index in [0.717, 1.165) is 0 Å². The Hall–Kier alpha value is -3.75. The normalized spacial score (nSPS) is 16.7. The molecule has 1 rings (SSSR count). The molecular formula is C19H31N7O8. The van der Waals surface area contributed by atoms with E-state index in [9.17, 15) is 33.6 Å². The van der Waals surface area contributed by atoms with Crippen molar-refractivity contribution < 1.29 is 38.7 Å². The molecule has 15 nitrogen and oxygen atoms in total. The van der Waals surface area contributed by atoms with Gasteiger partial charge >= 0.3 is 5.97 Å². The van der Waals surface area contributed by atoms with Crippen molar-refractivity contribution in [2.24, 2.45) is 17.2 Å². The smallest absolute Gasteiger partial charge is 0.322 e. The zero-order valence-corrected chi connectivity index (χ0v) is 18.6. The fraction of sp³-hybridized carbons (Fsp3) is 0.632. The van der Waals surface area contributed by atoms with Crippen LogP contribution >= 0.6 is 0 Å². The molecule has 0 spiro atoms. The van der Waals surface area contributed by atoms with Crippen LogP contribution in [-0.4, -0.2) is 89.2 Å². The van der Waals surface area contributed by atoms with Gasteiger partial charge in [0.2, 0.25) is 35.4 Å². The predicted octanol–water partition coefficient (Wildman–Crippen LogP) is -4.36. The standard InChI is InChI=1S/C19H31N7O8/c20-8-15(29)24-10(3-5-13(21)27)17(32)25-11(4-6-14(22)28)19(34)26-7-1-2-12(26)18(33)23-9-16(30)31/h10-12H,1-9,20H2,(H2,21,27)(H2,22,28)(H,23,33)(H,24,29)(H,25,32)(H,30,31)/t10-,11-,12-/m0/s1. The summed E-state index contributed by atoms with van der Waals surface area (Å²) in [6.45, 7) is -0.880. The number of amides is 6. The van der Waals surface area contributed by atoms with Crippen LogP contribution in [0, 0.1) is 0 Å². The molecule has 3 atom stereocenters.